The van der Waals surface area contributed by atoms with Crippen LogP contribution >= 0.6 is 0 Å². The standard InChI is InChI=1S/C15H23N3O2S/c16-13-5-4-6-15(11-13)21(19,20)18-10-7-14(12-18)17-8-2-1-3-9-17/h4-6,11,14H,1-3,7-10,12,16H2. The number of likely N-dealkylation sites (tertiary alicyclic amines) is 1. The monoisotopic (exact) mass is 309 g/mol. The number of benzene rings is 1. The van der Waals surface area contributed by atoms with Crippen LogP contribution in [0.15, 0.2) is 29.2 Å². The minimum atomic E-state index is -3.41. The lowest BCUT2D eigenvalue weighted by Gasteiger charge is -2.32. The summed E-state index contributed by atoms with van der Waals surface area (Å²) in [7, 11) is -3.41. The van der Waals surface area contributed by atoms with Crippen LogP contribution in [0.4, 0.5) is 5.69 Å². The van der Waals surface area contributed by atoms with Crippen LogP contribution in [0.5, 0.6) is 0 Å². The molecular weight excluding hydrogens is 286 g/mol. The van der Waals surface area contributed by atoms with E-state index < -0.39 is 10.0 Å². The first-order chi connectivity index (χ1) is 10.1. The van der Waals surface area contributed by atoms with Crippen LogP contribution in [0.3, 0.4) is 0 Å². The topological polar surface area (TPSA) is 66.6 Å². The lowest BCUT2D eigenvalue weighted by molar-refractivity contribution is 0.169. The van der Waals surface area contributed by atoms with Crippen molar-refractivity contribution < 1.29 is 8.42 Å². The van der Waals surface area contributed by atoms with Crippen LogP contribution in [0.2, 0.25) is 0 Å². The van der Waals surface area contributed by atoms with Crippen molar-refractivity contribution in [3.8, 4) is 0 Å². The third kappa shape index (κ3) is 3.07. The molecule has 21 heavy (non-hydrogen) atoms. The van der Waals surface area contributed by atoms with E-state index in [1.807, 2.05) is 0 Å². The van der Waals surface area contributed by atoms with Gasteiger partial charge in [0.1, 0.15) is 0 Å². The lowest BCUT2D eigenvalue weighted by atomic mass is 10.1. The van der Waals surface area contributed by atoms with Gasteiger partial charge in [0.05, 0.1) is 4.90 Å². The molecule has 0 amide bonds. The number of rotatable bonds is 3. The van der Waals surface area contributed by atoms with Crippen LogP contribution in [-0.4, -0.2) is 49.8 Å². The van der Waals surface area contributed by atoms with E-state index in [4.69, 9.17) is 5.73 Å². The third-order valence-electron chi connectivity index (χ3n) is 4.53. The Kier molecular flexibility index (Phi) is 4.19. The quantitative estimate of drug-likeness (QED) is 0.860. The molecule has 2 saturated heterocycles. The zero-order valence-electron chi connectivity index (χ0n) is 12.2. The molecule has 1 aromatic rings. The van der Waals surface area contributed by atoms with Crippen LogP contribution < -0.4 is 5.73 Å². The maximum atomic E-state index is 12.7. The van der Waals surface area contributed by atoms with Gasteiger partial charge in [0.15, 0.2) is 0 Å². The molecule has 2 heterocycles. The average Bonchev–Trinajstić information content (AvgIpc) is 2.99. The minimum Gasteiger partial charge on any atom is -0.399 e. The molecule has 0 aliphatic carbocycles. The molecule has 0 spiro atoms. The second kappa shape index (κ2) is 5.94. The number of piperidine rings is 1. The fraction of sp³-hybridized carbons (Fsp3) is 0.600. The Morgan fingerprint density at radius 2 is 1.86 bits per heavy atom. The number of nitrogen functional groups attached to an aromatic ring is 1. The van der Waals surface area contributed by atoms with E-state index in [-0.39, 0.29) is 0 Å². The number of hydrogen-bond acceptors (Lipinski definition) is 4. The van der Waals surface area contributed by atoms with Crippen LogP contribution in [-0.2, 0) is 10.0 Å². The molecule has 2 N–H and O–H groups in total. The van der Waals surface area contributed by atoms with E-state index in [0.29, 0.717) is 29.7 Å². The van der Waals surface area contributed by atoms with Gasteiger partial charge in [0.25, 0.3) is 0 Å². The highest BCUT2D eigenvalue weighted by molar-refractivity contribution is 7.89. The SMILES string of the molecule is Nc1cccc(S(=O)(=O)N2CCC(N3CCCCC3)C2)c1. The van der Waals surface area contributed by atoms with Gasteiger partial charge in [0.2, 0.25) is 10.0 Å². The highest BCUT2D eigenvalue weighted by atomic mass is 32.2. The van der Waals surface area contributed by atoms with Crippen LogP contribution in [0, 0.1) is 0 Å². The van der Waals surface area contributed by atoms with Gasteiger partial charge in [-0.1, -0.05) is 12.5 Å². The van der Waals surface area contributed by atoms with E-state index in [1.54, 1.807) is 28.6 Å². The molecular formula is C15H23N3O2S. The summed E-state index contributed by atoms with van der Waals surface area (Å²) in [4.78, 5) is 2.76. The highest BCUT2D eigenvalue weighted by Crippen LogP contribution is 2.26. The Morgan fingerprint density at radius 1 is 1.10 bits per heavy atom. The maximum Gasteiger partial charge on any atom is 0.243 e. The molecule has 0 radical (unpaired) electrons. The summed E-state index contributed by atoms with van der Waals surface area (Å²) in [5.74, 6) is 0. The maximum absolute atomic E-state index is 12.7. The van der Waals surface area contributed by atoms with Crippen molar-refractivity contribution in [2.45, 2.75) is 36.6 Å². The van der Waals surface area contributed by atoms with E-state index in [2.05, 4.69) is 4.90 Å². The Bertz CT molecular complexity index is 597. The van der Waals surface area contributed by atoms with Gasteiger partial charge in [-0.05, 0) is 50.6 Å². The number of anilines is 1. The fourth-order valence-corrected chi connectivity index (χ4v) is 4.88. The van der Waals surface area contributed by atoms with Crippen molar-refractivity contribution in [2.24, 2.45) is 0 Å². The molecule has 3 rings (SSSR count). The predicted molar refractivity (Wildman–Crippen MR) is 83.4 cm³/mol. The van der Waals surface area contributed by atoms with Crippen molar-refractivity contribution >= 4 is 15.7 Å². The summed E-state index contributed by atoms with van der Waals surface area (Å²) in [6.45, 7) is 3.43. The number of nitrogens with two attached hydrogens (primary N) is 1. The molecule has 0 bridgehead atoms. The Balaban J connectivity index is 1.72. The summed E-state index contributed by atoms with van der Waals surface area (Å²) < 4.78 is 26.9. The molecule has 5 nitrogen and oxygen atoms in total. The summed E-state index contributed by atoms with van der Waals surface area (Å²) in [5, 5.41) is 0. The van der Waals surface area contributed by atoms with E-state index in [0.717, 1.165) is 19.5 Å². The lowest BCUT2D eigenvalue weighted by Crippen LogP contribution is -2.41. The number of sulfonamides is 1. The molecule has 1 atom stereocenters. The third-order valence-corrected chi connectivity index (χ3v) is 6.39. The van der Waals surface area contributed by atoms with Crippen molar-refractivity contribution in [3.05, 3.63) is 24.3 Å². The van der Waals surface area contributed by atoms with E-state index >= 15 is 0 Å². The van der Waals surface area contributed by atoms with E-state index in [9.17, 15) is 8.42 Å². The van der Waals surface area contributed by atoms with Gasteiger partial charge >= 0.3 is 0 Å². The second-order valence-corrected chi connectivity index (χ2v) is 7.91. The van der Waals surface area contributed by atoms with Gasteiger partial charge in [-0.2, -0.15) is 4.31 Å². The Labute approximate surface area is 126 Å². The fourth-order valence-electron chi connectivity index (χ4n) is 3.33. The molecule has 2 aliphatic heterocycles. The minimum absolute atomic E-state index is 0.307. The largest absolute Gasteiger partial charge is 0.399 e. The zero-order chi connectivity index (χ0) is 14.9. The number of nitrogens with zero attached hydrogens (tertiary/aromatic N) is 2. The van der Waals surface area contributed by atoms with Gasteiger partial charge in [0, 0.05) is 24.8 Å². The highest BCUT2D eigenvalue weighted by Gasteiger charge is 2.35. The first kappa shape index (κ1) is 14.8. The van der Waals surface area contributed by atoms with Gasteiger partial charge in [-0.15, -0.1) is 0 Å². The molecule has 6 heteroatoms. The summed E-state index contributed by atoms with van der Waals surface area (Å²) >= 11 is 0. The summed E-state index contributed by atoms with van der Waals surface area (Å²) in [6.07, 6.45) is 4.70. The molecule has 2 fully saturated rings. The summed E-state index contributed by atoms with van der Waals surface area (Å²) in [6, 6.07) is 6.95. The van der Waals surface area contributed by atoms with Crippen LogP contribution in [0.1, 0.15) is 25.7 Å². The number of hydrogen-bond donors (Lipinski definition) is 1. The zero-order valence-corrected chi connectivity index (χ0v) is 13.1. The summed E-state index contributed by atoms with van der Waals surface area (Å²) in [5.41, 5.74) is 6.20. The molecule has 1 unspecified atom stereocenters. The average molecular weight is 309 g/mol. The van der Waals surface area contributed by atoms with E-state index in [1.165, 1.54) is 19.3 Å². The first-order valence-corrected chi connectivity index (χ1v) is 9.11. The Hall–Kier alpha value is -1.11. The van der Waals surface area contributed by atoms with Crippen LogP contribution in [0.25, 0.3) is 0 Å². The van der Waals surface area contributed by atoms with Crippen molar-refractivity contribution in [3.63, 3.8) is 0 Å². The van der Waals surface area contributed by atoms with Crippen molar-refractivity contribution in [1.29, 1.82) is 0 Å². The Morgan fingerprint density at radius 3 is 2.57 bits per heavy atom. The van der Waals surface area contributed by atoms with Gasteiger partial charge in [-0.25, -0.2) is 8.42 Å². The second-order valence-electron chi connectivity index (χ2n) is 5.97. The van der Waals surface area contributed by atoms with Crippen molar-refractivity contribution in [1.82, 2.24) is 9.21 Å². The van der Waals surface area contributed by atoms with Gasteiger partial charge in [-0.3, -0.25) is 4.90 Å². The molecule has 1 aromatic carbocycles. The molecule has 0 saturated carbocycles. The molecule has 116 valence electrons. The molecule has 2 aliphatic rings. The first-order valence-electron chi connectivity index (χ1n) is 7.67. The molecule has 0 aromatic heterocycles. The van der Waals surface area contributed by atoms with Crippen molar-refractivity contribution in [2.75, 3.05) is 31.9 Å². The smallest absolute Gasteiger partial charge is 0.243 e. The predicted octanol–water partition coefficient (Wildman–Crippen LogP) is 1.52. The normalized spacial score (nSPS) is 25.2. The van der Waals surface area contributed by atoms with Gasteiger partial charge < -0.3 is 5.73 Å².